The van der Waals surface area contributed by atoms with Gasteiger partial charge in [-0.05, 0) is 0 Å². The quantitative estimate of drug-likeness (QED) is 0.469. The van der Waals surface area contributed by atoms with Crippen molar-refractivity contribution in [2.24, 2.45) is 0 Å². The minimum absolute atomic E-state index is 0. The number of halogens is 2. The van der Waals surface area contributed by atoms with Gasteiger partial charge in [0.2, 0.25) is 0 Å². The molecule has 0 bridgehead atoms. The zero-order valence-electron chi connectivity index (χ0n) is 1.61. The van der Waals surface area contributed by atoms with Crippen LogP contribution in [0.2, 0.25) is 0 Å². The summed E-state index contributed by atoms with van der Waals surface area (Å²) in [6.07, 6.45) is 0. The van der Waals surface area contributed by atoms with Gasteiger partial charge in [0.25, 0.3) is 0 Å². The van der Waals surface area contributed by atoms with Gasteiger partial charge in [-0.15, -0.1) is 0 Å². The van der Waals surface area contributed by atoms with E-state index in [1.165, 1.54) is 8.46 Å². The molecule has 0 aromatic rings. The van der Waals surface area contributed by atoms with Crippen LogP contribution in [-0.4, -0.2) is 5.48 Å². The van der Waals surface area contributed by atoms with Crippen molar-refractivity contribution in [2.75, 3.05) is 0 Å². The fourth-order valence-corrected chi connectivity index (χ4v) is 0. The van der Waals surface area contributed by atoms with Crippen LogP contribution < -0.4 is 0 Å². The van der Waals surface area contributed by atoms with E-state index in [-0.39, 0.29) is 5.48 Å². The third-order valence-corrected chi connectivity index (χ3v) is 0. The van der Waals surface area contributed by atoms with Crippen LogP contribution in [0.25, 0.3) is 0 Å². The van der Waals surface area contributed by atoms with Crippen molar-refractivity contribution in [3.63, 3.8) is 0 Å². The number of hydrogen-bond donors (Lipinski definition) is 0. The zero-order valence-corrected chi connectivity index (χ0v) is 7.03. The Hall–Kier alpha value is 1.94. The Balaban J connectivity index is 0. The third kappa shape index (κ3) is 9.05. The standard InChI is InChI=1S/Fe.2HI.H2O/h;2*1H;1H2/q+2;;;/p-2. The Kier molecular flexibility index (Phi) is 20.7. The predicted octanol–water partition coefficient (Wildman–Crippen LogP) is 0.944. The van der Waals surface area contributed by atoms with Gasteiger partial charge in [-0.2, -0.15) is 0 Å². The molecule has 0 rings (SSSR count). The summed E-state index contributed by atoms with van der Waals surface area (Å²) in [5.74, 6) is 0. The second-order valence-corrected chi connectivity index (χ2v) is 9.37. The van der Waals surface area contributed by atoms with E-state index in [4.69, 9.17) is 0 Å². The molecule has 0 aliphatic carbocycles. The first-order chi connectivity index (χ1) is 1.41. The van der Waals surface area contributed by atoms with E-state index in [0.717, 1.165) is 0 Å². The fourth-order valence-electron chi connectivity index (χ4n) is 0. The number of hydrogen-bond acceptors (Lipinski definition) is 0. The molecule has 0 saturated carbocycles. The van der Waals surface area contributed by atoms with Crippen molar-refractivity contribution in [1.29, 1.82) is 0 Å². The topological polar surface area (TPSA) is 31.5 Å². The second kappa shape index (κ2) is 8.87. The van der Waals surface area contributed by atoms with E-state index in [1.807, 2.05) is 0 Å². The van der Waals surface area contributed by atoms with Gasteiger partial charge in [-0.1, -0.05) is 0 Å². The molecule has 1 nitrogen and oxygen atoms in total. The number of rotatable bonds is 0. The predicted molar refractivity (Wildman–Crippen MR) is 31.7 cm³/mol. The van der Waals surface area contributed by atoms with Crippen LogP contribution in [0.15, 0.2) is 0 Å². The summed E-state index contributed by atoms with van der Waals surface area (Å²) in [4.78, 5) is 0. The van der Waals surface area contributed by atoms with Crippen LogP contribution in [0.4, 0.5) is 0 Å². The van der Waals surface area contributed by atoms with Crippen LogP contribution >= 0.6 is 40.7 Å². The molecular formula is H2FeI2O. The van der Waals surface area contributed by atoms with Crippen molar-refractivity contribution in [1.82, 2.24) is 0 Å². The Morgan fingerprint density at radius 2 is 1.25 bits per heavy atom. The van der Waals surface area contributed by atoms with Crippen LogP contribution in [0.1, 0.15) is 0 Å². The third-order valence-electron chi connectivity index (χ3n) is 0. The molecule has 4 heavy (non-hydrogen) atoms. The van der Waals surface area contributed by atoms with Crippen LogP contribution in [0.3, 0.4) is 0 Å². The van der Waals surface area contributed by atoms with Crippen molar-refractivity contribution < 1.29 is 13.9 Å². The van der Waals surface area contributed by atoms with Gasteiger partial charge in [0.15, 0.2) is 0 Å². The zero-order chi connectivity index (χ0) is 2.71. The molecule has 4 heteroatoms. The van der Waals surface area contributed by atoms with Gasteiger partial charge in [-0.25, -0.2) is 0 Å². The molecular weight excluding hydrogens is 326 g/mol. The summed E-state index contributed by atoms with van der Waals surface area (Å²) < 4.78 is 0. The molecule has 0 unspecified atom stereocenters. The maximum atomic E-state index is 2.28. The summed E-state index contributed by atoms with van der Waals surface area (Å²) in [5.41, 5.74) is 0. The second-order valence-electron chi connectivity index (χ2n) is 0.0505. The van der Waals surface area contributed by atoms with Gasteiger partial charge in [-0.3, -0.25) is 0 Å². The van der Waals surface area contributed by atoms with E-state index >= 15 is 0 Å². The average Bonchev–Trinajstić information content (AvgIpc) is 0.918. The normalized spacial score (nSPS) is 5.50. The summed E-state index contributed by atoms with van der Waals surface area (Å²) in [5, 5.41) is 0. The van der Waals surface area contributed by atoms with Gasteiger partial charge < -0.3 is 5.48 Å². The Bertz CT molecular complexity index is 6.00. The molecule has 30 valence electrons. The van der Waals surface area contributed by atoms with Gasteiger partial charge >= 0.3 is 49.1 Å². The first kappa shape index (κ1) is 9.34. The van der Waals surface area contributed by atoms with Gasteiger partial charge in [0.05, 0.1) is 0 Å². The molecule has 0 heterocycles. The van der Waals surface area contributed by atoms with E-state index in [2.05, 4.69) is 40.7 Å². The molecule has 0 atom stereocenters. The van der Waals surface area contributed by atoms with E-state index < -0.39 is 0 Å². The van der Waals surface area contributed by atoms with E-state index in [1.54, 1.807) is 0 Å². The summed E-state index contributed by atoms with van der Waals surface area (Å²) in [7, 11) is 1.19. The first-order valence-electron chi connectivity index (χ1n) is 0.267. The van der Waals surface area contributed by atoms with E-state index in [9.17, 15) is 0 Å². The van der Waals surface area contributed by atoms with Gasteiger partial charge in [0.1, 0.15) is 0 Å². The summed E-state index contributed by atoms with van der Waals surface area (Å²) in [6, 6.07) is 0. The van der Waals surface area contributed by atoms with Crippen molar-refractivity contribution >= 4 is 40.7 Å². The maximum absolute atomic E-state index is 2.28. The molecule has 0 aromatic heterocycles. The van der Waals surface area contributed by atoms with Crippen LogP contribution in [0.5, 0.6) is 0 Å². The fraction of sp³-hybridized carbons (Fsp3) is 0. The molecule has 0 amide bonds. The Morgan fingerprint density at radius 3 is 1.25 bits per heavy atom. The molecule has 0 aliphatic rings. The average molecular weight is 328 g/mol. The van der Waals surface area contributed by atoms with E-state index in [0.29, 0.717) is 0 Å². The molecule has 2 N–H and O–H groups in total. The molecule has 0 fully saturated rings. The Morgan fingerprint density at radius 1 is 1.25 bits per heavy atom. The molecule has 0 spiro atoms. The minimum atomic E-state index is 0. The van der Waals surface area contributed by atoms with Crippen molar-refractivity contribution in [2.45, 2.75) is 0 Å². The van der Waals surface area contributed by atoms with Crippen molar-refractivity contribution in [3.8, 4) is 0 Å². The summed E-state index contributed by atoms with van der Waals surface area (Å²) in [6.45, 7) is 0. The first-order valence-corrected chi connectivity index (χ1v) is 7.39. The van der Waals surface area contributed by atoms with Crippen LogP contribution in [-0.2, 0) is 8.46 Å². The molecule has 0 aliphatic heterocycles. The van der Waals surface area contributed by atoms with Crippen molar-refractivity contribution in [3.05, 3.63) is 0 Å². The SMILES string of the molecule is O.[I][Fe][I]. The van der Waals surface area contributed by atoms with Gasteiger partial charge in [0, 0.05) is 0 Å². The Labute approximate surface area is 53.9 Å². The summed E-state index contributed by atoms with van der Waals surface area (Å²) >= 11 is 4.55. The van der Waals surface area contributed by atoms with Crippen LogP contribution in [0, 0.1) is 0 Å². The monoisotopic (exact) mass is 328 g/mol. The molecule has 0 radical (unpaired) electrons. The molecule has 0 aromatic carbocycles. The molecule has 0 saturated heterocycles.